The van der Waals surface area contributed by atoms with E-state index in [4.69, 9.17) is 9.47 Å². The summed E-state index contributed by atoms with van der Waals surface area (Å²) in [6.45, 7) is 4.48. The van der Waals surface area contributed by atoms with Crippen molar-refractivity contribution in [3.63, 3.8) is 0 Å². The highest BCUT2D eigenvalue weighted by molar-refractivity contribution is 5.92. The molecule has 0 aliphatic rings. The molecule has 0 bridgehead atoms. The number of carboxylic acid groups (broad SMARTS) is 1. The van der Waals surface area contributed by atoms with Gasteiger partial charge in [-0.25, -0.2) is 9.78 Å². The van der Waals surface area contributed by atoms with Crippen molar-refractivity contribution in [1.29, 1.82) is 0 Å². The molecule has 1 aromatic heterocycles. The Morgan fingerprint density at radius 1 is 1.33 bits per heavy atom. The van der Waals surface area contributed by atoms with Crippen molar-refractivity contribution >= 4 is 5.97 Å². The molecule has 0 atom stereocenters. The Kier molecular flexibility index (Phi) is 4.42. The number of pyridine rings is 1. The van der Waals surface area contributed by atoms with Crippen LogP contribution in [0.1, 0.15) is 22.8 Å². The largest absolute Gasteiger partial charge is 0.494 e. The van der Waals surface area contributed by atoms with Gasteiger partial charge in [0, 0.05) is 11.8 Å². The van der Waals surface area contributed by atoms with E-state index < -0.39 is 5.97 Å². The third kappa shape index (κ3) is 3.13. The first-order valence-corrected chi connectivity index (χ1v) is 6.58. The molecular formula is C16H17NO4. The SMILES string of the molecule is CCOc1ccc(-c2cnc(OC)c(C(=O)O)c2)c(C)c1. The Bertz CT molecular complexity index is 667. The fraction of sp³-hybridized carbons (Fsp3) is 0.250. The maximum atomic E-state index is 11.2. The van der Waals surface area contributed by atoms with E-state index >= 15 is 0 Å². The molecule has 0 radical (unpaired) electrons. The summed E-state index contributed by atoms with van der Waals surface area (Å²) in [7, 11) is 1.40. The van der Waals surface area contributed by atoms with Crippen LogP contribution in [0.4, 0.5) is 0 Å². The van der Waals surface area contributed by atoms with E-state index in [0.29, 0.717) is 6.61 Å². The van der Waals surface area contributed by atoms with Crippen molar-refractivity contribution in [2.45, 2.75) is 13.8 Å². The summed E-state index contributed by atoms with van der Waals surface area (Å²) in [5.74, 6) is -0.168. The van der Waals surface area contributed by atoms with Crippen LogP contribution in [-0.2, 0) is 0 Å². The predicted octanol–water partition coefficient (Wildman–Crippen LogP) is 3.16. The molecule has 110 valence electrons. The summed E-state index contributed by atoms with van der Waals surface area (Å²) in [6.07, 6.45) is 1.61. The Hall–Kier alpha value is -2.56. The molecule has 1 aromatic carbocycles. The van der Waals surface area contributed by atoms with E-state index in [2.05, 4.69) is 4.98 Å². The maximum Gasteiger partial charge on any atom is 0.341 e. The molecule has 0 aliphatic heterocycles. The summed E-state index contributed by atoms with van der Waals surface area (Å²) < 4.78 is 10.4. The van der Waals surface area contributed by atoms with Crippen LogP contribution in [0.5, 0.6) is 11.6 Å². The summed E-state index contributed by atoms with van der Waals surface area (Å²) in [4.78, 5) is 15.3. The monoisotopic (exact) mass is 287 g/mol. The second-order valence-electron chi connectivity index (χ2n) is 4.50. The Morgan fingerprint density at radius 3 is 2.67 bits per heavy atom. The van der Waals surface area contributed by atoms with Crippen LogP contribution < -0.4 is 9.47 Å². The number of rotatable bonds is 5. The van der Waals surface area contributed by atoms with Gasteiger partial charge in [0.1, 0.15) is 11.3 Å². The number of methoxy groups -OCH3 is 1. The fourth-order valence-corrected chi connectivity index (χ4v) is 2.13. The lowest BCUT2D eigenvalue weighted by molar-refractivity contribution is 0.0692. The van der Waals surface area contributed by atoms with Gasteiger partial charge in [-0.3, -0.25) is 0 Å². The molecule has 0 spiro atoms. The molecule has 0 unspecified atom stereocenters. The molecule has 1 heterocycles. The summed E-state index contributed by atoms with van der Waals surface area (Å²) in [6, 6.07) is 7.24. The molecule has 2 rings (SSSR count). The second-order valence-corrected chi connectivity index (χ2v) is 4.50. The lowest BCUT2D eigenvalue weighted by Crippen LogP contribution is -2.03. The summed E-state index contributed by atoms with van der Waals surface area (Å²) >= 11 is 0. The van der Waals surface area contributed by atoms with Crippen LogP contribution in [0.3, 0.4) is 0 Å². The second kappa shape index (κ2) is 6.26. The van der Waals surface area contributed by atoms with Gasteiger partial charge in [-0.1, -0.05) is 6.07 Å². The highest BCUT2D eigenvalue weighted by Crippen LogP contribution is 2.29. The fourth-order valence-electron chi connectivity index (χ4n) is 2.13. The zero-order valence-corrected chi connectivity index (χ0v) is 12.2. The third-order valence-electron chi connectivity index (χ3n) is 3.09. The van der Waals surface area contributed by atoms with Gasteiger partial charge >= 0.3 is 5.97 Å². The lowest BCUT2D eigenvalue weighted by Gasteiger charge is -2.11. The first-order valence-electron chi connectivity index (χ1n) is 6.58. The van der Waals surface area contributed by atoms with Crippen LogP contribution in [0.15, 0.2) is 30.5 Å². The molecule has 0 aliphatic carbocycles. The minimum Gasteiger partial charge on any atom is -0.494 e. The van der Waals surface area contributed by atoms with Gasteiger partial charge in [0.2, 0.25) is 5.88 Å². The van der Waals surface area contributed by atoms with Gasteiger partial charge in [-0.15, -0.1) is 0 Å². The average molecular weight is 287 g/mol. The van der Waals surface area contributed by atoms with Crippen molar-refractivity contribution in [2.24, 2.45) is 0 Å². The van der Waals surface area contributed by atoms with Gasteiger partial charge in [0.25, 0.3) is 0 Å². The normalized spacial score (nSPS) is 10.2. The maximum absolute atomic E-state index is 11.2. The van der Waals surface area contributed by atoms with Crippen LogP contribution in [0.25, 0.3) is 11.1 Å². The first-order chi connectivity index (χ1) is 10.1. The van der Waals surface area contributed by atoms with Gasteiger partial charge in [0.15, 0.2) is 0 Å². The van der Waals surface area contributed by atoms with Crippen molar-refractivity contribution in [2.75, 3.05) is 13.7 Å². The summed E-state index contributed by atoms with van der Waals surface area (Å²) in [5, 5.41) is 9.21. The van der Waals surface area contributed by atoms with E-state index in [1.54, 1.807) is 12.3 Å². The molecular weight excluding hydrogens is 270 g/mol. The number of nitrogens with zero attached hydrogens (tertiary/aromatic N) is 1. The van der Waals surface area contributed by atoms with Crippen molar-refractivity contribution in [3.8, 4) is 22.8 Å². The quantitative estimate of drug-likeness (QED) is 0.914. The van der Waals surface area contributed by atoms with Crippen LogP contribution in [-0.4, -0.2) is 29.8 Å². The number of aryl methyl sites for hydroxylation is 1. The van der Waals surface area contributed by atoms with Crippen molar-refractivity contribution in [3.05, 3.63) is 41.6 Å². The standard InChI is InChI=1S/C16H17NO4/c1-4-21-12-5-6-13(10(2)7-12)11-8-14(16(18)19)15(20-3)17-9-11/h5-9H,4H2,1-3H3,(H,18,19). The van der Waals surface area contributed by atoms with E-state index in [0.717, 1.165) is 22.4 Å². The number of hydrogen-bond donors (Lipinski definition) is 1. The van der Waals surface area contributed by atoms with Crippen LogP contribution in [0.2, 0.25) is 0 Å². The van der Waals surface area contributed by atoms with Gasteiger partial charge < -0.3 is 14.6 Å². The number of carbonyl (C=O) groups is 1. The van der Waals surface area contributed by atoms with Gasteiger partial charge in [-0.2, -0.15) is 0 Å². The van der Waals surface area contributed by atoms with E-state index in [-0.39, 0.29) is 11.4 Å². The zero-order chi connectivity index (χ0) is 15.4. The molecule has 2 aromatic rings. The number of ether oxygens (including phenoxy) is 2. The highest BCUT2D eigenvalue weighted by atomic mass is 16.5. The Morgan fingerprint density at radius 2 is 2.10 bits per heavy atom. The molecule has 0 saturated carbocycles. The molecule has 5 nitrogen and oxygen atoms in total. The Labute approximate surface area is 123 Å². The smallest absolute Gasteiger partial charge is 0.341 e. The van der Waals surface area contributed by atoms with Crippen molar-refractivity contribution < 1.29 is 19.4 Å². The van der Waals surface area contributed by atoms with Gasteiger partial charge in [0.05, 0.1) is 13.7 Å². The topological polar surface area (TPSA) is 68.7 Å². The minimum absolute atomic E-state index is 0.0447. The molecule has 0 amide bonds. The Balaban J connectivity index is 2.47. The van der Waals surface area contributed by atoms with Crippen LogP contribution in [0, 0.1) is 6.92 Å². The number of aromatic nitrogens is 1. The molecule has 21 heavy (non-hydrogen) atoms. The molecule has 0 fully saturated rings. The van der Waals surface area contributed by atoms with Crippen molar-refractivity contribution in [1.82, 2.24) is 4.98 Å². The molecule has 1 N–H and O–H groups in total. The minimum atomic E-state index is -1.07. The highest BCUT2D eigenvalue weighted by Gasteiger charge is 2.15. The lowest BCUT2D eigenvalue weighted by atomic mass is 10.0. The van der Waals surface area contributed by atoms with E-state index in [1.165, 1.54) is 7.11 Å². The number of carboxylic acids is 1. The first kappa shape index (κ1) is 14.8. The van der Waals surface area contributed by atoms with E-state index in [1.807, 2.05) is 32.0 Å². The van der Waals surface area contributed by atoms with Crippen LogP contribution >= 0.6 is 0 Å². The number of aromatic carboxylic acids is 1. The number of benzene rings is 1. The predicted molar refractivity (Wildman–Crippen MR) is 79.1 cm³/mol. The summed E-state index contributed by atoms with van der Waals surface area (Å²) in [5.41, 5.74) is 2.68. The molecule has 0 saturated heterocycles. The van der Waals surface area contributed by atoms with E-state index in [9.17, 15) is 9.90 Å². The number of hydrogen-bond acceptors (Lipinski definition) is 4. The average Bonchev–Trinajstić information content (AvgIpc) is 2.47. The zero-order valence-electron chi connectivity index (χ0n) is 12.2. The third-order valence-corrected chi connectivity index (χ3v) is 3.09. The van der Waals surface area contributed by atoms with Gasteiger partial charge in [-0.05, 0) is 43.2 Å². The molecule has 5 heteroatoms.